The van der Waals surface area contributed by atoms with Crippen LogP contribution in [0.5, 0.6) is 0 Å². The molecule has 2 amide bonds. The molecule has 0 saturated carbocycles. The first-order valence-electron chi connectivity index (χ1n) is 10.3. The number of piperidine rings is 1. The van der Waals surface area contributed by atoms with E-state index in [2.05, 4.69) is 0 Å². The molecule has 172 valence electrons. The molecule has 1 aromatic carbocycles. The van der Waals surface area contributed by atoms with Crippen LogP contribution in [-0.4, -0.2) is 73.6 Å². The van der Waals surface area contributed by atoms with Crippen LogP contribution in [0.25, 0.3) is 0 Å². The summed E-state index contributed by atoms with van der Waals surface area (Å²) in [5.41, 5.74) is 0.0722. The van der Waals surface area contributed by atoms with Crippen LogP contribution in [0.3, 0.4) is 0 Å². The van der Waals surface area contributed by atoms with Gasteiger partial charge in [-0.25, -0.2) is 17.2 Å². The molecule has 2 aliphatic heterocycles. The zero-order valence-electron chi connectivity index (χ0n) is 17.2. The van der Waals surface area contributed by atoms with Crippen molar-refractivity contribution in [1.29, 1.82) is 0 Å². The molecule has 11 heteroatoms. The number of carbonyl (C=O) groups is 2. The Morgan fingerprint density at radius 3 is 2.16 bits per heavy atom. The van der Waals surface area contributed by atoms with E-state index >= 15 is 0 Å². The second kappa shape index (κ2) is 9.24. The number of carbonyl (C=O) groups excluding carboxylic acids is 2. The van der Waals surface area contributed by atoms with Crippen molar-refractivity contribution >= 4 is 33.2 Å². The van der Waals surface area contributed by atoms with Crippen LogP contribution in [-0.2, 0) is 14.8 Å². The lowest BCUT2D eigenvalue weighted by atomic mass is 9.96. The van der Waals surface area contributed by atoms with Crippen LogP contribution in [0.4, 0.5) is 8.78 Å². The van der Waals surface area contributed by atoms with Crippen molar-refractivity contribution in [3.8, 4) is 0 Å². The minimum atomic E-state index is -3.51. The SMILES string of the molecule is O=C(c1ccc(F)c(F)c1)N1CCN(C(=O)C2CCN(S(=O)(=O)c3cccs3)CC2)CC1. The second-order valence-corrected chi connectivity index (χ2v) is 11.0. The van der Waals surface area contributed by atoms with E-state index in [1.807, 2.05) is 0 Å². The maximum atomic E-state index is 13.4. The van der Waals surface area contributed by atoms with Crippen molar-refractivity contribution in [3.63, 3.8) is 0 Å². The summed E-state index contributed by atoms with van der Waals surface area (Å²) in [5, 5.41) is 1.72. The predicted molar refractivity (Wildman–Crippen MR) is 115 cm³/mol. The molecule has 0 atom stereocenters. The number of hydrogen-bond acceptors (Lipinski definition) is 5. The van der Waals surface area contributed by atoms with Crippen LogP contribution in [0.2, 0.25) is 0 Å². The summed E-state index contributed by atoms with van der Waals surface area (Å²) in [6, 6.07) is 6.33. The monoisotopic (exact) mass is 483 g/mol. The zero-order chi connectivity index (χ0) is 22.9. The smallest absolute Gasteiger partial charge is 0.254 e. The molecule has 3 heterocycles. The van der Waals surface area contributed by atoms with E-state index in [1.165, 1.54) is 26.6 Å². The maximum Gasteiger partial charge on any atom is 0.254 e. The summed E-state index contributed by atoms with van der Waals surface area (Å²) < 4.78 is 53.6. The van der Waals surface area contributed by atoms with Gasteiger partial charge in [0, 0.05) is 50.7 Å². The van der Waals surface area contributed by atoms with Crippen molar-refractivity contribution in [2.45, 2.75) is 17.1 Å². The number of benzene rings is 1. The summed E-state index contributed by atoms with van der Waals surface area (Å²) in [6.45, 7) is 1.89. The van der Waals surface area contributed by atoms with Gasteiger partial charge in [-0.15, -0.1) is 11.3 Å². The quantitative estimate of drug-likeness (QED) is 0.669. The predicted octanol–water partition coefficient (Wildman–Crippen LogP) is 2.41. The first-order valence-corrected chi connectivity index (χ1v) is 12.7. The Labute approximate surface area is 189 Å². The lowest BCUT2D eigenvalue weighted by Crippen LogP contribution is -2.53. The number of halogens is 2. The fourth-order valence-corrected chi connectivity index (χ4v) is 6.69. The first kappa shape index (κ1) is 22.8. The standard InChI is InChI=1S/C21H23F2N3O4S2/c22-17-4-3-16(14-18(17)23)21(28)25-11-9-24(10-12-25)20(27)15-5-7-26(8-6-15)32(29,30)19-2-1-13-31-19/h1-4,13-15H,5-12H2. The van der Waals surface area contributed by atoms with Gasteiger partial charge in [0.2, 0.25) is 5.91 Å². The van der Waals surface area contributed by atoms with Crippen molar-refractivity contribution in [3.05, 3.63) is 52.9 Å². The number of piperazine rings is 1. The number of thiophene rings is 1. The minimum absolute atomic E-state index is 0.0295. The third kappa shape index (κ3) is 4.55. The van der Waals surface area contributed by atoms with E-state index in [4.69, 9.17) is 0 Å². The molecule has 2 aromatic rings. The van der Waals surface area contributed by atoms with Gasteiger partial charge in [0.15, 0.2) is 11.6 Å². The molecule has 0 bridgehead atoms. The highest BCUT2D eigenvalue weighted by atomic mass is 32.2. The van der Waals surface area contributed by atoms with Gasteiger partial charge >= 0.3 is 0 Å². The van der Waals surface area contributed by atoms with Crippen LogP contribution in [0, 0.1) is 17.6 Å². The topological polar surface area (TPSA) is 78.0 Å². The molecule has 0 N–H and O–H groups in total. The Bertz CT molecular complexity index is 1090. The van der Waals surface area contributed by atoms with Crippen LogP contribution in [0.15, 0.2) is 39.9 Å². The Morgan fingerprint density at radius 1 is 0.906 bits per heavy atom. The molecule has 7 nitrogen and oxygen atoms in total. The molecule has 2 aliphatic rings. The number of rotatable bonds is 4. The molecule has 4 rings (SSSR count). The van der Waals surface area contributed by atoms with Gasteiger partial charge in [-0.3, -0.25) is 9.59 Å². The first-order chi connectivity index (χ1) is 15.3. The lowest BCUT2D eigenvalue weighted by Gasteiger charge is -2.38. The average molecular weight is 484 g/mol. The minimum Gasteiger partial charge on any atom is -0.339 e. The molecule has 32 heavy (non-hydrogen) atoms. The summed E-state index contributed by atoms with van der Waals surface area (Å²) in [5.74, 6) is -2.76. The molecular formula is C21H23F2N3O4S2. The third-order valence-electron chi connectivity index (χ3n) is 5.94. The Hall–Kier alpha value is -2.37. The van der Waals surface area contributed by atoms with Crippen molar-refractivity contribution in [2.24, 2.45) is 5.92 Å². The summed E-state index contributed by atoms with van der Waals surface area (Å²) in [7, 11) is -3.51. The Kier molecular flexibility index (Phi) is 6.59. The summed E-state index contributed by atoms with van der Waals surface area (Å²) in [4.78, 5) is 28.7. The Balaban J connectivity index is 1.29. The van der Waals surface area contributed by atoms with Crippen LogP contribution < -0.4 is 0 Å². The average Bonchev–Trinajstić information content (AvgIpc) is 3.36. The fourth-order valence-electron chi connectivity index (χ4n) is 4.08. The van der Waals surface area contributed by atoms with Gasteiger partial charge in [0.05, 0.1) is 0 Å². The normalized spacial score (nSPS) is 18.7. The molecule has 0 unspecified atom stereocenters. The highest BCUT2D eigenvalue weighted by molar-refractivity contribution is 7.91. The van der Waals surface area contributed by atoms with E-state index in [0.717, 1.165) is 12.1 Å². The fraction of sp³-hybridized carbons (Fsp3) is 0.429. The zero-order valence-corrected chi connectivity index (χ0v) is 18.9. The highest BCUT2D eigenvalue weighted by Crippen LogP contribution is 2.27. The molecule has 0 radical (unpaired) electrons. The molecule has 2 fully saturated rings. The molecule has 2 saturated heterocycles. The second-order valence-electron chi connectivity index (χ2n) is 7.86. The van der Waals surface area contributed by atoms with Gasteiger partial charge in [-0.1, -0.05) is 6.07 Å². The lowest BCUT2D eigenvalue weighted by molar-refractivity contribution is -0.138. The Morgan fingerprint density at radius 2 is 1.56 bits per heavy atom. The molecular weight excluding hydrogens is 460 g/mol. The molecule has 0 spiro atoms. The van der Waals surface area contributed by atoms with Gasteiger partial charge in [0.25, 0.3) is 15.9 Å². The molecule has 1 aromatic heterocycles. The van der Waals surface area contributed by atoms with Crippen LogP contribution >= 0.6 is 11.3 Å². The van der Waals surface area contributed by atoms with Crippen molar-refractivity contribution in [2.75, 3.05) is 39.3 Å². The number of sulfonamides is 1. The number of nitrogens with zero attached hydrogens (tertiary/aromatic N) is 3. The van der Waals surface area contributed by atoms with E-state index in [9.17, 15) is 26.8 Å². The van der Waals surface area contributed by atoms with E-state index in [-0.39, 0.29) is 17.4 Å². The number of amides is 2. The van der Waals surface area contributed by atoms with Gasteiger partial charge in [-0.05, 0) is 42.5 Å². The summed E-state index contributed by atoms with van der Waals surface area (Å²) in [6.07, 6.45) is 0.912. The van der Waals surface area contributed by atoms with E-state index in [1.54, 1.807) is 22.4 Å². The van der Waals surface area contributed by atoms with Gasteiger partial charge in [-0.2, -0.15) is 4.31 Å². The van der Waals surface area contributed by atoms with Crippen molar-refractivity contribution in [1.82, 2.24) is 14.1 Å². The maximum absolute atomic E-state index is 13.4. The number of hydrogen-bond donors (Lipinski definition) is 0. The van der Waals surface area contributed by atoms with Gasteiger partial charge < -0.3 is 9.80 Å². The van der Waals surface area contributed by atoms with Crippen LogP contribution in [0.1, 0.15) is 23.2 Å². The molecule has 0 aliphatic carbocycles. The van der Waals surface area contributed by atoms with E-state index < -0.39 is 27.6 Å². The highest BCUT2D eigenvalue weighted by Gasteiger charge is 2.35. The summed E-state index contributed by atoms with van der Waals surface area (Å²) >= 11 is 1.18. The van der Waals surface area contributed by atoms with Crippen molar-refractivity contribution < 1.29 is 26.8 Å². The third-order valence-corrected chi connectivity index (χ3v) is 9.21. The van der Waals surface area contributed by atoms with Gasteiger partial charge in [0.1, 0.15) is 4.21 Å². The largest absolute Gasteiger partial charge is 0.339 e. The van der Waals surface area contributed by atoms with E-state index in [0.29, 0.717) is 56.3 Å².